The number of ketones is 1. The van der Waals surface area contributed by atoms with Gasteiger partial charge in [-0.25, -0.2) is 4.79 Å². The Morgan fingerprint density at radius 1 is 0.946 bits per heavy atom. The number of amides is 1. The fourth-order valence-corrected chi connectivity index (χ4v) is 8.33. The molecule has 3 aromatic carbocycles. The maximum absolute atomic E-state index is 13.6. The molecule has 0 atom stereocenters. The maximum atomic E-state index is 13.6. The van der Waals surface area contributed by atoms with E-state index in [1.807, 2.05) is 62.4 Å². The summed E-state index contributed by atoms with van der Waals surface area (Å²) in [5, 5.41) is 14.3. The molecule has 2 aromatic heterocycles. The van der Waals surface area contributed by atoms with Gasteiger partial charge in [-0.15, -0.1) is 0 Å². The van der Waals surface area contributed by atoms with E-state index in [-0.39, 0.29) is 29.2 Å². The van der Waals surface area contributed by atoms with Gasteiger partial charge in [0.25, 0.3) is 11.8 Å². The van der Waals surface area contributed by atoms with Crippen LogP contribution in [0.1, 0.15) is 95.2 Å². The molecule has 2 aliphatic rings. The van der Waals surface area contributed by atoms with Crippen LogP contribution in [0.5, 0.6) is 5.75 Å². The van der Waals surface area contributed by atoms with Gasteiger partial charge in [0.05, 0.1) is 18.2 Å². The number of nitrogens with zero attached hydrogens (tertiary/aromatic N) is 3. The number of nitrogens with one attached hydrogen (secondary N) is 1. The van der Waals surface area contributed by atoms with E-state index in [1.165, 1.54) is 17.3 Å². The zero-order valence-electron chi connectivity index (χ0n) is 32.5. The number of anilines is 1. The van der Waals surface area contributed by atoms with Crippen molar-refractivity contribution in [1.29, 1.82) is 5.26 Å². The number of rotatable bonds is 14. The molecule has 0 bridgehead atoms. The Bertz CT molecular complexity index is 2460. The van der Waals surface area contributed by atoms with Crippen LogP contribution in [0.4, 0.5) is 5.69 Å². The number of ether oxygens (including phenoxy) is 1. The summed E-state index contributed by atoms with van der Waals surface area (Å²) >= 11 is 0. The van der Waals surface area contributed by atoms with E-state index in [1.54, 1.807) is 17.7 Å². The van der Waals surface area contributed by atoms with Crippen molar-refractivity contribution >= 4 is 51.2 Å². The first-order valence-electron chi connectivity index (χ1n) is 19.8. The van der Waals surface area contributed by atoms with Crippen LogP contribution in [0.2, 0.25) is 0 Å². The summed E-state index contributed by atoms with van der Waals surface area (Å²) in [5.74, 6) is 0.118. The number of aromatic nitrogens is 1. The zero-order chi connectivity index (χ0) is 39.3. The van der Waals surface area contributed by atoms with Crippen molar-refractivity contribution in [2.24, 2.45) is 0 Å². The van der Waals surface area contributed by atoms with E-state index in [2.05, 4.69) is 16.3 Å². The number of carbonyl (C=O) groups excluding carboxylic acids is 3. The quantitative estimate of drug-likeness (QED) is 0.0523. The predicted molar refractivity (Wildman–Crippen MR) is 218 cm³/mol. The van der Waals surface area contributed by atoms with Crippen molar-refractivity contribution in [1.82, 2.24) is 9.88 Å². The smallest absolute Gasteiger partial charge is 0.343 e. The van der Waals surface area contributed by atoms with Gasteiger partial charge in [-0.05, 0) is 112 Å². The highest BCUT2D eigenvalue weighted by atomic mass is 16.5. The molecule has 0 saturated carbocycles. The summed E-state index contributed by atoms with van der Waals surface area (Å²) in [6.07, 6.45) is 10.0. The minimum Gasteiger partial charge on any atom is -0.497 e. The fourth-order valence-electron chi connectivity index (χ4n) is 8.33. The van der Waals surface area contributed by atoms with Crippen molar-refractivity contribution in [2.45, 2.75) is 84.5 Å². The third-order valence-electron chi connectivity index (χ3n) is 11.2. The zero-order valence-corrected chi connectivity index (χ0v) is 32.5. The highest BCUT2D eigenvalue weighted by Crippen LogP contribution is 2.40. The van der Waals surface area contributed by atoms with Gasteiger partial charge in [0.1, 0.15) is 28.8 Å². The van der Waals surface area contributed by atoms with Crippen LogP contribution in [0.15, 0.2) is 69.4 Å². The summed E-state index contributed by atoms with van der Waals surface area (Å²) < 4.78 is 13.0. The lowest BCUT2D eigenvalue weighted by molar-refractivity contribution is -0.118. The minimum atomic E-state index is -0.559. The molecule has 2 aliphatic heterocycles. The van der Waals surface area contributed by atoms with Gasteiger partial charge in [0.15, 0.2) is 0 Å². The van der Waals surface area contributed by atoms with Crippen molar-refractivity contribution < 1.29 is 23.5 Å². The second-order valence-electron chi connectivity index (χ2n) is 15.1. The molecule has 7 rings (SSSR count). The standard InChI is InChI=1S/C46H48N4O6/c1-29-14-16-31(17-15-29)45(53)50-30(2)39(40-27-37(55-3)18-19-41(40)50)26-36(51)12-7-5-4-6-8-20-48-44(52)35(28-47)25-34-24-33-23-32-11-9-21-49-22-10-13-38(42(32)49)43(33)56-46(34)54/h14-19,23-25,27H,4-13,20-22,26H2,1-3H3,(H,48,52). The first-order valence-corrected chi connectivity index (χ1v) is 19.8. The average molecular weight is 753 g/mol. The van der Waals surface area contributed by atoms with Crippen LogP contribution in [-0.2, 0) is 28.9 Å². The third kappa shape index (κ3) is 7.90. The summed E-state index contributed by atoms with van der Waals surface area (Å²) in [6, 6.07) is 18.9. The number of Topliss-reactive ketones (excluding diaryl/α,β-unsaturated/α-hetero) is 1. The van der Waals surface area contributed by atoms with Crippen molar-refractivity contribution in [3.63, 3.8) is 0 Å². The van der Waals surface area contributed by atoms with Crippen molar-refractivity contribution in [3.05, 3.63) is 110 Å². The van der Waals surface area contributed by atoms with Gasteiger partial charge >= 0.3 is 5.63 Å². The number of carbonyl (C=O) groups is 3. The molecule has 0 saturated heterocycles. The van der Waals surface area contributed by atoms with E-state index in [9.17, 15) is 24.4 Å². The van der Waals surface area contributed by atoms with Crippen LogP contribution in [-0.4, -0.2) is 48.9 Å². The number of methoxy groups -OCH3 is 1. The topological polar surface area (TPSA) is 135 Å². The molecule has 0 spiro atoms. The first kappa shape index (κ1) is 38.3. The van der Waals surface area contributed by atoms with Gasteiger partial charge in [-0.1, -0.05) is 37.0 Å². The van der Waals surface area contributed by atoms with Gasteiger partial charge in [0.2, 0.25) is 0 Å². The Morgan fingerprint density at radius 2 is 1.70 bits per heavy atom. The van der Waals surface area contributed by atoms with Crippen molar-refractivity contribution in [2.75, 3.05) is 31.6 Å². The summed E-state index contributed by atoms with van der Waals surface area (Å²) in [4.78, 5) is 55.2. The van der Waals surface area contributed by atoms with E-state index in [4.69, 9.17) is 9.15 Å². The molecule has 0 fully saturated rings. The van der Waals surface area contributed by atoms with Gasteiger partial charge in [0, 0.05) is 65.8 Å². The van der Waals surface area contributed by atoms with Gasteiger partial charge in [-0.3, -0.25) is 19.0 Å². The molecule has 10 nitrogen and oxygen atoms in total. The number of unbranched alkanes of at least 4 members (excludes halogenated alkanes) is 4. The molecule has 5 aromatic rings. The molecule has 1 amide bonds. The highest BCUT2D eigenvalue weighted by Gasteiger charge is 2.27. The largest absolute Gasteiger partial charge is 0.497 e. The van der Waals surface area contributed by atoms with Crippen LogP contribution < -0.4 is 20.6 Å². The normalized spacial score (nSPS) is 13.8. The fraction of sp³-hybridized carbons (Fsp3) is 0.370. The number of hydrogen-bond acceptors (Lipinski definition) is 8. The first-order chi connectivity index (χ1) is 27.2. The van der Waals surface area contributed by atoms with Gasteiger partial charge in [-0.2, -0.15) is 5.26 Å². The Balaban J connectivity index is 0.893. The number of hydrogen-bond donors (Lipinski definition) is 1. The molecular weight excluding hydrogens is 705 g/mol. The van der Waals surface area contributed by atoms with Crippen LogP contribution in [0.25, 0.3) is 27.9 Å². The summed E-state index contributed by atoms with van der Waals surface area (Å²) in [6.45, 7) is 6.30. The Labute approximate surface area is 326 Å². The maximum Gasteiger partial charge on any atom is 0.343 e. The molecule has 0 aliphatic carbocycles. The SMILES string of the molecule is COc1ccc2c(c1)c(CC(=O)CCCCCCCNC(=O)C(C#N)=Cc1cc3cc4c5c(c3oc1=O)CCCN5CCC4)c(C)n2C(=O)c1ccc(C)cc1. The number of aryl methyl sites for hydroxylation is 3. The second-order valence-corrected chi connectivity index (χ2v) is 15.1. The minimum absolute atomic E-state index is 0.113. The van der Waals surface area contributed by atoms with Crippen LogP contribution >= 0.6 is 0 Å². The predicted octanol–water partition coefficient (Wildman–Crippen LogP) is 7.94. The molecular formula is C46H48N4O6. The lowest BCUT2D eigenvalue weighted by Gasteiger charge is -2.37. The Hall–Kier alpha value is -5.95. The molecule has 10 heteroatoms. The second kappa shape index (κ2) is 16.8. The molecule has 4 heterocycles. The number of fused-ring (bicyclic) bond motifs is 3. The van der Waals surface area contributed by atoms with E-state index >= 15 is 0 Å². The Morgan fingerprint density at radius 3 is 2.46 bits per heavy atom. The molecule has 0 unspecified atom stereocenters. The lowest BCUT2D eigenvalue weighted by Crippen LogP contribution is -2.34. The summed E-state index contributed by atoms with van der Waals surface area (Å²) in [5.41, 5.74) is 7.66. The molecule has 288 valence electrons. The van der Waals surface area contributed by atoms with Gasteiger partial charge < -0.3 is 19.4 Å². The Kier molecular flexibility index (Phi) is 11.5. The van der Waals surface area contributed by atoms with E-state index < -0.39 is 11.5 Å². The number of benzene rings is 3. The average Bonchev–Trinajstić information content (AvgIpc) is 3.47. The van der Waals surface area contributed by atoms with Crippen molar-refractivity contribution in [3.8, 4) is 11.8 Å². The molecule has 1 N–H and O–H groups in total. The monoisotopic (exact) mass is 752 g/mol. The van der Waals surface area contributed by atoms with Crippen LogP contribution in [0, 0.1) is 25.2 Å². The van der Waals surface area contributed by atoms with E-state index in [0.717, 1.165) is 110 Å². The molecule has 56 heavy (non-hydrogen) atoms. The summed E-state index contributed by atoms with van der Waals surface area (Å²) in [7, 11) is 1.60. The third-order valence-corrected chi connectivity index (χ3v) is 11.2. The van der Waals surface area contributed by atoms with Crippen LogP contribution in [0.3, 0.4) is 0 Å². The van der Waals surface area contributed by atoms with E-state index in [0.29, 0.717) is 29.9 Å². The number of nitriles is 1. The molecule has 0 radical (unpaired) electrons. The lowest BCUT2D eigenvalue weighted by atomic mass is 9.90. The highest BCUT2D eigenvalue weighted by molar-refractivity contribution is 6.05.